The Balaban J connectivity index is 2.04. The molecule has 2 rings (SSSR count). The molecule has 2 fully saturated rings. The van der Waals surface area contributed by atoms with E-state index in [9.17, 15) is 0 Å². The first kappa shape index (κ1) is 15.3. The Morgan fingerprint density at radius 3 is 2.11 bits per heavy atom. The van der Waals surface area contributed by atoms with E-state index in [4.69, 9.17) is 5.73 Å². The summed E-state index contributed by atoms with van der Waals surface area (Å²) in [5.41, 5.74) is 6.59. The van der Waals surface area contributed by atoms with Crippen molar-refractivity contribution in [2.45, 2.75) is 83.7 Å². The van der Waals surface area contributed by atoms with Crippen LogP contribution in [-0.4, -0.2) is 29.6 Å². The van der Waals surface area contributed by atoms with E-state index in [1.54, 1.807) is 0 Å². The van der Waals surface area contributed by atoms with Crippen molar-refractivity contribution in [1.82, 2.24) is 4.90 Å². The molecule has 0 saturated heterocycles. The summed E-state index contributed by atoms with van der Waals surface area (Å²) in [4.78, 5) is 2.80. The SMILES string of the molecule is CCN(C1CCCC1)C1(CN)CCC(C(C)C)CC1. The lowest BCUT2D eigenvalue weighted by atomic mass is 9.71. The largest absolute Gasteiger partial charge is 0.329 e. The zero-order valence-corrected chi connectivity index (χ0v) is 13.3. The molecule has 2 aliphatic carbocycles. The Morgan fingerprint density at radius 1 is 1.11 bits per heavy atom. The Hall–Kier alpha value is -0.0800. The van der Waals surface area contributed by atoms with Crippen LogP contribution in [0.3, 0.4) is 0 Å². The first-order valence-electron chi connectivity index (χ1n) is 8.60. The van der Waals surface area contributed by atoms with Gasteiger partial charge in [0.25, 0.3) is 0 Å². The molecule has 0 radical (unpaired) electrons. The minimum atomic E-state index is 0.329. The zero-order chi connectivity index (χ0) is 13.9. The lowest BCUT2D eigenvalue weighted by Gasteiger charge is -2.50. The summed E-state index contributed by atoms with van der Waals surface area (Å²) in [6, 6.07) is 0.823. The van der Waals surface area contributed by atoms with Gasteiger partial charge in [-0.15, -0.1) is 0 Å². The summed E-state index contributed by atoms with van der Waals surface area (Å²) in [5.74, 6) is 1.78. The first-order chi connectivity index (χ1) is 9.13. The van der Waals surface area contributed by atoms with Crippen molar-refractivity contribution in [3.8, 4) is 0 Å². The van der Waals surface area contributed by atoms with Crippen LogP contribution in [0.4, 0.5) is 0 Å². The highest BCUT2D eigenvalue weighted by Gasteiger charge is 2.42. The highest BCUT2D eigenvalue weighted by Crippen LogP contribution is 2.41. The Morgan fingerprint density at radius 2 is 1.68 bits per heavy atom. The predicted octanol–water partition coefficient (Wildman–Crippen LogP) is 3.79. The molecule has 0 heterocycles. The molecule has 0 aromatic heterocycles. The van der Waals surface area contributed by atoms with E-state index in [-0.39, 0.29) is 0 Å². The molecule has 0 amide bonds. The standard InChI is InChI=1S/C17H34N2/c1-4-19(16-7-5-6-8-16)17(13-18)11-9-15(10-12-17)14(2)3/h14-16H,4-13,18H2,1-3H3. The highest BCUT2D eigenvalue weighted by atomic mass is 15.2. The van der Waals surface area contributed by atoms with Crippen molar-refractivity contribution in [2.24, 2.45) is 17.6 Å². The van der Waals surface area contributed by atoms with Gasteiger partial charge in [-0.05, 0) is 56.9 Å². The van der Waals surface area contributed by atoms with Crippen LogP contribution in [0.25, 0.3) is 0 Å². The van der Waals surface area contributed by atoms with E-state index in [2.05, 4.69) is 25.7 Å². The second-order valence-electron chi connectivity index (χ2n) is 7.23. The highest BCUT2D eigenvalue weighted by molar-refractivity contribution is 4.99. The number of likely N-dealkylation sites (N-methyl/N-ethyl adjacent to an activating group) is 1. The van der Waals surface area contributed by atoms with Crippen LogP contribution >= 0.6 is 0 Å². The van der Waals surface area contributed by atoms with Gasteiger partial charge in [-0.1, -0.05) is 33.6 Å². The lowest BCUT2D eigenvalue weighted by molar-refractivity contribution is 0.00761. The number of nitrogens with two attached hydrogens (primary N) is 1. The fourth-order valence-corrected chi connectivity index (χ4v) is 4.65. The first-order valence-corrected chi connectivity index (χ1v) is 8.60. The van der Waals surface area contributed by atoms with Crippen molar-refractivity contribution >= 4 is 0 Å². The van der Waals surface area contributed by atoms with E-state index in [1.165, 1.54) is 57.9 Å². The fourth-order valence-electron chi connectivity index (χ4n) is 4.65. The van der Waals surface area contributed by atoms with Gasteiger partial charge in [0.05, 0.1) is 0 Å². The molecule has 2 heteroatoms. The maximum Gasteiger partial charge on any atom is 0.0334 e. The van der Waals surface area contributed by atoms with Crippen molar-refractivity contribution in [3.05, 3.63) is 0 Å². The topological polar surface area (TPSA) is 29.3 Å². The summed E-state index contributed by atoms with van der Waals surface area (Å²) in [6.45, 7) is 9.16. The van der Waals surface area contributed by atoms with Crippen molar-refractivity contribution in [3.63, 3.8) is 0 Å². The molecule has 0 atom stereocenters. The molecular weight excluding hydrogens is 232 g/mol. The third-order valence-corrected chi connectivity index (χ3v) is 6.00. The number of hydrogen-bond donors (Lipinski definition) is 1. The molecule has 0 unspecified atom stereocenters. The van der Waals surface area contributed by atoms with Gasteiger partial charge in [-0.25, -0.2) is 0 Å². The number of nitrogens with zero attached hydrogens (tertiary/aromatic N) is 1. The molecule has 0 aliphatic heterocycles. The van der Waals surface area contributed by atoms with E-state index < -0.39 is 0 Å². The molecule has 2 saturated carbocycles. The van der Waals surface area contributed by atoms with Crippen LogP contribution in [0.2, 0.25) is 0 Å². The lowest BCUT2D eigenvalue weighted by Crippen LogP contribution is -2.58. The van der Waals surface area contributed by atoms with Gasteiger partial charge in [0, 0.05) is 18.1 Å². The minimum Gasteiger partial charge on any atom is -0.329 e. The molecule has 2 N–H and O–H groups in total. The molecule has 0 spiro atoms. The summed E-state index contributed by atoms with van der Waals surface area (Å²) >= 11 is 0. The third kappa shape index (κ3) is 3.16. The maximum absolute atomic E-state index is 6.26. The van der Waals surface area contributed by atoms with Gasteiger partial charge in [-0.3, -0.25) is 4.90 Å². The van der Waals surface area contributed by atoms with Crippen LogP contribution in [-0.2, 0) is 0 Å². The smallest absolute Gasteiger partial charge is 0.0334 e. The summed E-state index contributed by atoms with van der Waals surface area (Å²) in [7, 11) is 0. The third-order valence-electron chi connectivity index (χ3n) is 6.00. The van der Waals surface area contributed by atoms with E-state index >= 15 is 0 Å². The summed E-state index contributed by atoms with van der Waals surface area (Å²) < 4.78 is 0. The average Bonchev–Trinajstić information content (AvgIpc) is 2.94. The molecular formula is C17H34N2. The predicted molar refractivity (Wildman–Crippen MR) is 83.2 cm³/mol. The van der Waals surface area contributed by atoms with E-state index in [0.29, 0.717) is 5.54 Å². The van der Waals surface area contributed by atoms with Crippen LogP contribution in [0.15, 0.2) is 0 Å². The monoisotopic (exact) mass is 266 g/mol. The number of hydrogen-bond acceptors (Lipinski definition) is 2. The van der Waals surface area contributed by atoms with Gasteiger partial charge in [0.2, 0.25) is 0 Å². The van der Waals surface area contributed by atoms with Gasteiger partial charge in [0.15, 0.2) is 0 Å². The average molecular weight is 266 g/mol. The van der Waals surface area contributed by atoms with E-state index in [1.807, 2.05) is 0 Å². The van der Waals surface area contributed by atoms with Crippen LogP contribution in [0, 0.1) is 11.8 Å². The van der Waals surface area contributed by atoms with Gasteiger partial charge >= 0.3 is 0 Å². The minimum absolute atomic E-state index is 0.329. The molecule has 19 heavy (non-hydrogen) atoms. The Labute approximate surface area is 120 Å². The second kappa shape index (κ2) is 6.58. The molecule has 0 aromatic carbocycles. The van der Waals surface area contributed by atoms with Crippen LogP contribution in [0.1, 0.15) is 72.1 Å². The van der Waals surface area contributed by atoms with Crippen molar-refractivity contribution < 1.29 is 0 Å². The van der Waals surface area contributed by atoms with Gasteiger partial charge < -0.3 is 5.73 Å². The van der Waals surface area contributed by atoms with Crippen molar-refractivity contribution in [2.75, 3.05) is 13.1 Å². The number of rotatable bonds is 5. The molecule has 0 aromatic rings. The Kier molecular flexibility index (Phi) is 5.30. The van der Waals surface area contributed by atoms with Crippen molar-refractivity contribution in [1.29, 1.82) is 0 Å². The molecule has 0 bridgehead atoms. The zero-order valence-electron chi connectivity index (χ0n) is 13.3. The maximum atomic E-state index is 6.26. The Bertz CT molecular complexity index is 260. The van der Waals surface area contributed by atoms with Gasteiger partial charge in [-0.2, -0.15) is 0 Å². The normalized spacial score (nSPS) is 33.5. The van der Waals surface area contributed by atoms with Crippen LogP contribution < -0.4 is 5.73 Å². The second-order valence-corrected chi connectivity index (χ2v) is 7.23. The van der Waals surface area contributed by atoms with E-state index in [0.717, 1.165) is 24.4 Å². The summed E-state index contributed by atoms with van der Waals surface area (Å²) in [6.07, 6.45) is 11.1. The molecule has 2 aliphatic rings. The quantitative estimate of drug-likeness (QED) is 0.820. The summed E-state index contributed by atoms with van der Waals surface area (Å²) in [5, 5.41) is 0. The van der Waals surface area contributed by atoms with Crippen LogP contribution in [0.5, 0.6) is 0 Å². The molecule has 2 nitrogen and oxygen atoms in total. The molecule has 112 valence electrons. The van der Waals surface area contributed by atoms with Gasteiger partial charge in [0.1, 0.15) is 0 Å². The fraction of sp³-hybridized carbons (Fsp3) is 1.00.